The average molecular weight is 192 g/mol. The van der Waals surface area contributed by atoms with Crippen LogP contribution in [0.4, 0.5) is 5.69 Å². The molecule has 1 rings (SSSR count). The topological polar surface area (TPSA) is 72.9 Å². The van der Waals surface area contributed by atoms with Crippen LogP contribution in [-0.2, 0) is 11.3 Å². The highest BCUT2D eigenvalue weighted by molar-refractivity contribution is 5.76. The second kappa shape index (κ2) is 4.33. The van der Waals surface area contributed by atoms with Gasteiger partial charge in [0.25, 0.3) is 0 Å². The van der Waals surface area contributed by atoms with Gasteiger partial charge >= 0.3 is 0 Å². The van der Waals surface area contributed by atoms with Crippen molar-refractivity contribution in [3.05, 3.63) is 12.4 Å². The Kier molecular flexibility index (Phi) is 3.13. The monoisotopic (exact) mass is 192 g/mol. The summed E-state index contributed by atoms with van der Waals surface area (Å²) in [5.74, 6) is 2.22. The number of aromatic nitrogens is 2. The van der Waals surface area contributed by atoms with Crippen molar-refractivity contribution in [2.45, 2.75) is 19.5 Å². The van der Waals surface area contributed by atoms with Gasteiger partial charge in [-0.3, -0.25) is 9.48 Å². The van der Waals surface area contributed by atoms with E-state index >= 15 is 0 Å². The maximum absolute atomic E-state index is 11.3. The number of hydrogen-bond donors (Lipinski definition) is 2. The van der Waals surface area contributed by atoms with E-state index in [4.69, 9.17) is 12.2 Å². The van der Waals surface area contributed by atoms with Crippen LogP contribution >= 0.6 is 0 Å². The van der Waals surface area contributed by atoms with E-state index in [0.29, 0.717) is 5.69 Å². The zero-order chi connectivity index (χ0) is 10.6. The molecule has 3 N–H and O–H groups in total. The number of amides is 1. The molecule has 5 heteroatoms. The van der Waals surface area contributed by atoms with Gasteiger partial charge in [0.2, 0.25) is 5.91 Å². The van der Waals surface area contributed by atoms with Crippen molar-refractivity contribution >= 4 is 11.6 Å². The SMILES string of the molecule is C#CC(C)NC(=O)Cn1cc(N)cn1. The standard InChI is InChI=1S/C9H12N4O/c1-3-7(2)12-9(14)6-13-5-8(10)4-11-13/h1,4-5,7H,6,10H2,2H3,(H,12,14). The predicted molar refractivity (Wildman–Crippen MR) is 53.1 cm³/mol. The summed E-state index contributed by atoms with van der Waals surface area (Å²) in [4.78, 5) is 11.3. The number of nitrogens with zero attached hydrogens (tertiary/aromatic N) is 2. The van der Waals surface area contributed by atoms with Gasteiger partial charge in [0.05, 0.1) is 17.9 Å². The number of anilines is 1. The number of carbonyl (C=O) groups is 1. The minimum atomic E-state index is -0.268. The van der Waals surface area contributed by atoms with Crippen LogP contribution in [-0.4, -0.2) is 21.7 Å². The van der Waals surface area contributed by atoms with E-state index in [2.05, 4.69) is 16.3 Å². The van der Waals surface area contributed by atoms with Crippen LogP contribution in [0.3, 0.4) is 0 Å². The minimum Gasteiger partial charge on any atom is -0.396 e. The van der Waals surface area contributed by atoms with Crippen LogP contribution in [0.25, 0.3) is 0 Å². The van der Waals surface area contributed by atoms with Crippen LogP contribution in [0.2, 0.25) is 0 Å². The summed E-state index contributed by atoms with van der Waals surface area (Å²) in [5, 5.41) is 6.48. The van der Waals surface area contributed by atoms with E-state index in [-0.39, 0.29) is 18.5 Å². The molecular formula is C9H12N4O. The lowest BCUT2D eigenvalue weighted by Gasteiger charge is -2.07. The van der Waals surface area contributed by atoms with Gasteiger partial charge in [0, 0.05) is 6.20 Å². The molecule has 0 radical (unpaired) electrons. The fraction of sp³-hybridized carbons (Fsp3) is 0.333. The third-order valence-electron chi connectivity index (χ3n) is 1.59. The number of hydrogen-bond acceptors (Lipinski definition) is 3. The number of nitrogens with one attached hydrogen (secondary N) is 1. The minimum absolute atomic E-state index is 0.128. The Morgan fingerprint density at radius 1 is 1.93 bits per heavy atom. The van der Waals surface area contributed by atoms with Crippen LogP contribution in [0.5, 0.6) is 0 Å². The Balaban J connectivity index is 2.46. The molecule has 0 fully saturated rings. The zero-order valence-electron chi connectivity index (χ0n) is 7.90. The van der Waals surface area contributed by atoms with Crippen molar-refractivity contribution in [1.82, 2.24) is 15.1 Å². The van der Waals surface area contributed by atoms with E-state index < -0.39 is 0 Å². The third-order valence-corrected chi connectivity index (χ3v) is 1.59. The van der Waals surface area contributed by atoms with Gasteiger partial charge in [-0.05, 0) is 6.92 Å². The molecule has 74 valence electrons. The van der Waals surface area contributed by atoms with Crippen molar-refractivity contribution < 1.29 is 4.79 Å². The Bertz CT molecular complexity index is 363. The van der Waals surface area contributed by atoms with Gasteiger partial charge in [0.1, 0.15) is 6.54 Å². The molecule has 5 nitrogen and oxygen atoms in total. The van der Waals surface area contributed by atoms with Crippen LogP contribution in [0.15, 0.2) is 12.4 Å². The predicted octanol–water partition coefficient (Wildman–Crippen LogP) is -0.397. The highest BCUT2D eigenvalue weighted by atomic mass is 16.2. The molecule has 1 aromatic heterocycles. The smallest absolute Gasteiger partial charge is 0.242 e. The van der Waals surface area contributed by atoms with Crippen molar-refractivity contribution in [2.24, 2.45) is 0 Å². The first-order chi connectivity index (χ1) is 6.61. The summed E-state index contributed by atoms with van der Waals surface area (Å²) in [6.45, 7) is 1.86. The van der Waals surface area contributed by atoms with E-state index in [9.17, 15) is 4.79 Å². The molecule has 0 aliphatic carbocycles. The lowest BCUT2D eigenvalue weighted by atomic mass is 10.3. The van der Waals surface area contributed by atoms with E-state index in [1.54, 1.807) is 13.1 Å². The summed E-state index contributed by atoms with van der Waals surface area (Å²) >= 11 is 0. The fourth-order valence-corrected chi connectivity index (χ4v) is 0.942. The zero-order valence-corrected chi connectivity index (χ0v) is 7.90. The van der Waals surface area contributed by atoms with Gasteiger partial charge < -0.3 is 11.1 Å². The molecular weight excluding hydrogens is 180 g/mol. The Morgan fingerprint density at radius 2 is 2.64 bits per heavy atom. The molecule has 0 aromatic carbocycles. The van der Waals surface area contributed by atoms with Crippen LogP contribution in [0, 0.1) is 12.3 Å². The molecule has 1 unspecified atom stereocenters. The molecule has 1 atom stereocenters. The molecule has 0 bridgehead atoms. The molecule has 0 saturated heterocycles. The summed E-state index contributed by atoms with van der Waals surface area (Å²) in [5.41, 5.74) is 5.96. The number of rotatable bonds is 3. The lowest BCUT2D eigenvalue weighted by Crippen LogP contribution is -2.34. The molecule has 1 amide bonds. The first-order valence-electron chi connectivity index (χ1n) is 4.15. The quantitative estimate of drug-likeness (QED) is 0.640. The first kappa shape index (κ1) is 10.1. The average Bonchev–Trinajstić information content (AvgIpc) is 2.50. The van der Waals surface area contributed by atoms with Crippen LogP contribution in [0.1, 0.15) is 6.92 Å². The number of carbonyl (C=O) groups excluding carboxylic acids is 1. The molecule has 1 heterocycles. The van der Waals surface area contributed by atoms with Crippen molar-refractivity contribution in [3.8, 4) is 12.3 Å². The second-order valence-electron chi connectivity index (χ2n) is 2.93. The number of nitrogen functional groups attached to an aromatic ring is 1. The molecule has 1 aromatic rings. The Hall–Kier alpha value is -1.96. The second-order valence-corrected chi connectivity index (χ2v) is 2.93. The van der Waals surface area contributed by atoms with E-state index in [1.165, 1.54) is 10.9 Å². The molecule has 14 heavy (non-hydrogen) atoms. The Morgan fingerprint density at radius 3 is 3.14 bits per heavy atom. The fourth-order valence-electron chi connectivity index (χ4n) is 0.942. The van der Waals surface area contributed by atoms with Crippen molar-refractivity contribution in [2.75, 3.05) is 5.73 Å². The summed E-state index contributed by atoms with van der Waals surface area (Å²) in [6, 6.07) is -0.268. The normalized spacial score (nSPS) is 11.7. The molecule has 0 aliphatic heterocycles. The summed E-state index contributed by atoms with van der Waals surface area (Å²) in [6.07, 6.45) is 8.18. The molecule has 0 saturated carbocycles. The van der Waals surface area contributed by atoms with Crippen LogP contribution < -0.4 is 11.1 Å². The van der Waals surface area contributed by atoms with Gasteiger partial charge in [-0.25, -0.2) is 0 Å². The Labute approximate surface area is 82.3 Å². The number of nitrogens with two attached hydrogens (primary N) is 1. The molecule has 0 aliphatic rings. The number of terminal acetylenes is 1. The first-order valence-corrected chi connectivity index (χ1v) is 4.15. The third kappa shape index (κ3) is 2.83. The maximum atomic E-state index is 11.3. The van der Waals surface area contributed by atoms with Gasteiger partial charge in [-0.1, -0.05) is 5.92 Å². The van der Waals surface area contributed by atoms with Crippen molar-refractivity contribution in [3.63, 3.8) is 0 Å². The summed E-state index contributed by atoms with van der Waals surface area (Å²) < 4.78 is 1.45. The molecule has 0 spiro atoms. The van der Waals surface area contributed by atoms with Gasteiger partial charge in [0.15, 0.2) is 0 Å². The van der Waals surface area contributed by atoms with E-state index in [0.717, 1.165) is 0 Å². The van der Waals surface area contributed by atoms with E-state index in [1.807, 2.05) is 0 Å². The lowest BCUT2D eigenvalue weighted by molar-refractivity contribution is -0.122. The van der Waals surface area contributed by atoms with Crippen molar-refractivity contribution in [1.29, 1.82) is 0 Å². The highest BCUT2D eigenvalue weighted by Crippen LogP contribution is 1.97. The highest BCUT2D eigenvalue weighted by Gasteiger charge is 2.05. The van der Waals surface area contributed by atoms with Gasteiger partial charge in [-0.15, -0.1) is 6.42 Å². The largest absolute Gasteiger partial charge is 0.396 e. The van der Waals surface area contributed by atoms with Gasteiger partial charge in [-0.2, -0.15) is 5.10 Å². The summed E-state index contributed by atoms with van der Waals surface area (Å²) in [7, 11) is 0. The maximum Gasteiger partial charge on any atom is 0.242 e.